The first-order valence-corrected chi connectivity index (χ1v) is 26.5. The molecule has 15 nitrogen and oxygen atoms in total. The summed E-state index contributed by atoms with van der Waals surface area (Å²) in [7, 11) is 5.84. The van der Waals surface area contributed by atoms with Crippen molar-refractivity contribution in [3.05, 3.63) is 125 Å². The molecule has 428 valence electrons. The van der Waals surface area contributed by atoms with Crippen molar-refractivity contribution in [1.82, 2.24) is 25.3 Å². The third-order valence-electron chi connectivity index (χ3n) is 15.7. The minimum Gasteiger partial charge on any atom is -0.448 e. The summed E-state index contributed by atoms with van der Waals surface area (Å²) in [5.74, 6) is -19.4. The van der Waals surface area contributed by atoms with Crippen LogP contribution in [0, 0.1) is 46.8 Å². The van der Waals surface area contributed by atoms with Crippen molar-refractivity contribution in [3.63, 3.8) is 0 Å². The number of carbonyl (C=O) groups excluding carboxylic acids is 6. The van der Waals surface area contributed by atoms with Crippen molar-refractivity contribution in [3.8, 4) is 16.9 Å². The second-order valence-corrected chi connectivity index (χ2v) is 21.3. The standard InChI is InChI=1S/C59H72F5N5O10/c1-12-33(4)51(67(8)55(72)50(32(2)3)66-57(74)59(6,7)68(9)58(75)78-31-40-38-25-18-16-23-36(38)37-24-17-19-26-39(37)40)43(76-10)30-44(70)69-28-20-27-42(69)52(77-11)34(5)54(71)65-41(29-35-21-14-13-15-22-35)56(73)79-53-48(63)46(61)45(60)47(62)49(53)64/h13-19,21-26,32-34,40-43,50-52H,12,20,27-31H2,1-11H3,(H,65,71)(H,66,74)/t33-,34+,41-,42-,43+,50-,51-,52+/m0/s1. The number of nitrogens with zero attached hydrogens (tertiary/aromatic N) is 3. The van der Waals surface area contributed by atoms with Crippen LogP contribution in [0.4, 0.5) is 26.7 Å². The van der Waals surface area contributed by atoms with Gasteiger partial charge in [0.2, 0.25) is 58.5 Å². The topological polar surface area (TPSA) is 173 Å². The van der Waals surface area contributed by atoms with E-state index in [2.05, 4.69) is 10.6 Å². The molecular formula is C59H72F5N5O10. The lowest BCUT2D eigenvalue weighted by Crippen LogP contribution is -2.62. The van der Waals surface area contributed by atoms with Crippen LogP contribution in [0.1, 0.15) is 96.8 Å². The number of methoxy groups -OCH3 is 2. The van der Waals surface area contributed by atoms with Crippen molar-refractivity contribution < 1.29 is 69.7 Å². The van der Waals surface area contributed by atoms with E-state index in [0.717, 1.165) is 22.3 Å². The largest absolute Gasteiger partial charge is 0.448 e. The van der Waals surface area contributed by atoms with Crippen LogP contribution < -0.4 is 15.4 Å². The van der Waals surface area contributed by atoms with Gasteiger partial charge in [0.15, 0.2) is 0 Å². The number of fused-ring (bicyclic) bond motifs is 3. The van der Waals surface area contributed by atoms with Crippen molar-refractivity contribution in [1.29, 1.82) is 0 Å². The van der Waals surface area contributed by atoms with Gasteiger partial charge in [0, 0.05) is 47.2 Å². The Morgan fingerprint density at radius 1 is 0.759 bits per heavy atom. The van der Waals surface area contributed by atoms with Crippen LogP contribution in [-0.4, -0.2) is 134 Å². The number of halogens is 5. The molecule has 0 saturated carbocycles. The summed E-state index contributed by atoms with van der Waals surface area (Å²) in [6.07, 6.45) is -1.64. The third-order valence-corrected chi connectivity index (χ3v) is 15.7. The van der Waals surface area contributed by atoms with Crippen LogP contribution in [0.2, 0.25) is 0 Å². The Morgan fingerprint density at radius 3 is 1.86 bits per heavy atom. The van der Waals surface area contributed by atoms with Gasteiger partial charge in [-0.15, -0.1) is 0 Å². The van der Waals surface area contributed by atoms with E-state index < -0.39 is 118 Å². The number of likely N-dealkylation sites (N-methyl/N-ethyl adjacent to an activating group) is 2. The van der Waals surface area contributed by atoms with Crippen molar-refractivity contribution in [2.24, 2.45) is 17.8 Å². The number of hydrogen-bond acceptors (Lipinski definition) is 10. The lowest BCUT2D eigenvalue weighted by molar-refractivity contribution is -0.148. The quantitative estimate of drug-likeness (QED) is 0.0241. The number of benzene rings is 4. The highest BCUT2D eigenvalue weighted by Gasteiger charge is 2.45. The zero-order valence-electron chi connectivity index (χ0n) is 46.5. The van der Waals surface area contributed by atoms with Crippen molar-refractivity contribution in [2.75, 3.05) is 41.5 Å². The maximum Gasteiger partial charge on any atom is 0.410 e. The van der Waals surface area contributed by atoms with Crippen LogP contribution >= 0.6 is 0 Å². The van der Waals surface area contributed by atoms with Gasteiger partial charge in [-0.25, -0.2) is 22.8 Å². The molecular weight excluding hydrogens is 1030 g/mol. The Hall–Kier alpha value is -6.93. The molecule has 4 aromatic carbocycles. The zero-order chi connectivity index (χ0) is 58.2. The fraction of sp³-hybridized carbons (Fsp3) is 0.492. The molecule has 8 atom stereocenters. The van der Waals surface area contributed by atoms with Crippen LogP contribution in [-0.2, 0) is 44.6 Å². The summed E-state index contributed by atoms with van der Waals surface area (Å²) in [6, 6.07) is 19.8. The molecule has 0 aromatic heterocycles. The third kappa shape index (κ3) is 13.2. The molecule has 79 heavy (non-hydrogen) atoms. The maximum atomic E-state index is 14.7. The molecule has 1 saturated heterocycles. The molecule has 0 bridgehead atoms. The predicted octanol–water partition coefficient (Wildman–Crippen LogP) is 8.74. The van der Waals surface area contributed by atoms with Gasteiger partial charge in [-0.05, 0) is 66.3 Å². The average Bonchev–Trinajstić information content (AvgIpc) is 4.26. The summed E-state index contributed by atoms with van der Waals surface area (Å²) in [5, 5.41) is 5.41. The maximum absolute atomic E-state index is 14.7. The number of hydrogen-bond donors (Lipinski definition) is 2. The van der Waals surface area contributed by atoms with E-state index in [1.165, 1.54) is 38.0 Å². The summed E-state index contributed by atoms with van der Waals surface area (Å²) in [5.41, 5.74) is 3.17. The fourth-order valence-corrected chi connectivity index (χ4v) is 10.6. The Bertz CT molecular complexity index is 2780. The first-order valence-electron chi connectivity index (χ1n) is 26.5. The molecule has 20 heteroatoms. The SMILES string of the molecule is CC[C@H](C)[C@@H]([C@@H](CC(=O)N1CCC[C@H]1[C@H](OC)[C@@H](C)C(=O)N[C@@H](Cc1ccccc1)C(=O)Oc1c(F)c(F)c(F)c(F)c1F)OC)N(C)C(=O)[C@@H](NC(=O)C(C)(C)N(C)C(=O)OCC1c2ccccc2-c2ccccc21)C(C)C. The number of ether oxygens (including phenoxy) is 4. The van der Waals surface area contributed by atoms with E-state index in [1.54, 1.807) is 70.0 Å². The van der Waals surface area contributed by atoms with Crippen LogP contribution in [0.25, 0.3) is 11.1 Å². The molecule has 0 spiro atoms. The summed E-state index contributed by atoms with van der Waals surface area (Å²) in [6.45, 7) is 12.3. The summed E-state index contributed by atoms with van der Waals surface area (Å²) >= 11 is 0. The van der Waals surface area contributed by atoms with Crippen LogP contribution in [0.5, 0.6) is 5.75 Å². The number of likely N-dealkylation sites (tertiary alicyclic amines) is 1. The molecule has 2 N–H and O–H groups in total. The van der Waals surface area contributed by atoms with Crippen molar-refractivity contribution >= 4 is 35.7 Å². The van der Waals surface area contributed by atoms with E-state index in [9.17, 15) is 50.7 Å². The van der Waals surface area contributed by atoms with E-state index in [4.69, 9.17) is 18.9 Å². The van der Waals surface area contributed by atoms with Gasteiger partial charge in [0.25, 0.3) is 0 Å². The molecule has 1 aliphatic heterocycles. The fourth-order valence-electron chi connectivity index (χ4n) is 10.6. The minimum atomic E-state index is -2.45. The van der Waals surface area contributed by atoms with Gasteiger partial charge < -0.3 is 39.4 Å². The summed E-state index contributed by atoms with van der Waals surface area (Å²) in [4.78, 5) is 89.1. The number of amides is 5. The first kappa shape index (κ1) is 61.3. The first-order chi connectivity index (χ1) is 37.4. The number of esters is 1. The molecule has 1 aliphatic carbocycles. The molecule has 5 amide bonds. The zero-order valence-corrected chi connectivity index (χ0v) is 46.5. The van der Waals surface area contributed by atoms with Gasteiger partial charge in [0.1, 0.15) is 24.2 Å². The number of rotatable bonds is 23. The predicted molar refractivity (Wildman–Crippen MR) is 284 cm³/mol. The van der Waals surface area contributed by atoms with E-state index in [0.29, 0.717) is 24.8 Å². The van der Waals surface area contributed by atoms with E-state index in [1.807, 2.05) is 62.4 Å². The van der Waals surface area contributed by atoms with Gasteiger partial charge in [0.05, 0.1) is 36.6 Å². The number of nitrogens with one attached hydrogen (secondary N) is 2. The van der Waals surface area contributed by atoms with Gasteiger partial charge in [-0.1, -0.05) is 120 Å². The van der Waals surface area contributed by atoms with Crippen LogP contribution in [0.15, 0.2) is 78.9 Å². The molecule has 0 unspecified atom stereocenters. The number of carbonyl (C=O) groups is 6. The lowest BCUT2D eigenvalue weighted by atomic mass is 9.89. The Labute approximate surface area is 458 Å². The second kappa shape index (κ2) is 26.4. The van der Waals surface area contributed by atoms with Gasteiger partial charge in [-0.3, -0.25) is 24.1 Å². The van der Waals surface area contributed by atoms with Gasteiger partial charge >= 0.3 is 12.1 Å². The smallest absolute Gasteiger partial charge is 0.410 e. The Balaban J connectivity index is 1.13. The molecule has 4 aromatic rings. The average molecular weight is 1110 g/mol. The van der Waals surface area contributed by atoms with E-state index >= 15 is 0 Å². The summed E-state index contributed by atoms with van der Waals surface area (Å²) < 4.78 is 93.8. The molecule has 1 heterocycles. The van der Waals surface area contributed by atoms with Crippen LogP contribution in [0.3, 0.4) is 0 Å². The highest BCUT2D eigenvalue weighted by atomic mass is 19.2. The van der Waals surface area contributed by atoms with Gasteiger partial charge in [-0.2, -0.15) is 8.78 Å². The highest BCUT2D eigenvalue weighted by molar-refractivity contribution is 5.94. The van der Waals surface area contributed by atoms with E-state index in [-0.39, 0.29) is 43.7 Å². The Kier molecular flexibility index (Phi) is 20.4. The molecule has 6 rings (SSSR count). The molecule has 0 radical (unpaired) electrons. The minimum absolute atomic E-state index is 0.0403. The molecule has 1 fully saturated rings. The normalized spacial score (nSPS) is 16.9. The Morgan fingerprint density at radius 2 is 1.32 bits per heavy atom. The lowest BCUT2D eigenvalue weighted by Gasteiger charge is -2.41. The molecule has 2 aliphatic rings. The second-order valence-electron chi connectivity index (χ2n) is 21.3. The highest BCUT2D eigenvalue weighted by Crippen LogP contribution is 2.45. The monoisotopic (exact) mass is 1110 g/mol. The van der Waals surface area contributed by atoms with Crippen molar-refractivity contribution in [2.45, 2.75) is 128 Å².